The predicted octanol–water partition coefficient (Wildman–Crippen LogP) is 3.49. The Morgan fingerprint density at radius 2 is 1.75 bits per heavy atom. The van der Waals surface area contributed by atoms with Crippen LogP contribution in [0.1, 0.15) is 24.0 Å². The first-order valence-electron chi connectivity index (χ1n) is 8.28. The van der Waals surface area contributed by atoms with Crippen LogP contribution in [-0.2, 0) is 11.2 Å². The third kappa shape index (κ3) is 2.23. The molecule has 24 heavy (non-hydrogen) atoms. The van der Waals surface area contributed by atoms with Crippen molar-refractivity contribution in [3.05, 3.63) is 77.4 Å². The third-order valence-electron chi connectivity index (χ3n) is 5.21. The summed E-state index contributed by atoms with van der Waals surface area (Å²) in [7, 11) is 0. The zero-order valence-electron chi connectivity index (χ0n) is 13.3. The molecule has 3 heteroatoms. The molecule has 0 radical (unpaired) electrons. The summed E-state index contributed by atoms with van der Waals surface area (Å²) in [5, 5.41) is 13.0. The minimum Gasteiger partial charge on any atom is -0.344 e. The Balaban J connectivity index is 1.74. The van der Waals surface area contributed by atoms with Gasteiger partial charge in [0.15, 0.2) is 0 Å². The molecule has 2 aliphatic rings. The van der Waals surface area contributed by atoms with Gasteiger partial charge in [-0.25, -0.2) is 0 Å². The van der Waals surface area contributed by atoms with E-state index >= 15 is 0 Å². The van der Waals surface area contributed by atoms with E-state index in [0.717, 1.165) is 35.1 Å². The molecule has 1 amide bonds. The van der Waals surface area contributed by atoms with Crippen molar-refractivity contribution in [1.29, 1.82) is 5.26 Å². The van der Waals surface area contributed by atoms with E-state index in [0.29, 0.717) is 6.42 Å². The molecule has 2 unspecified atom stereocenters. The molecule has 2 aromatic rings. The fraction of sp³-hybridized carbons (Fsp3) is 0.238. The van der Waals surface area contributed by atoms with E-state index in [4.69, 9.17) is 0 Å². The molecular formula is C21H18N2O. The summed E-state index contributed by atoms with van der Waals surface area (Å²) in [5.41, 5.74) is 3.40. The predicted molar refractivity (Wildman–Crippen MR) is 92.7 cm³/mol. The second-order valence-corrected chi connectivity index (χ2v) is 6.60. The van der Waals surface area contributed by atoms with E-state index in [9.17, 15) is 10.1 Å². The van der Waals surface area contributed by atoms with Gasteiger partial charge < -0.3 is 5.32 Å². The van der Waals surface area contributed by atoms with Crippen LogP contribution >= 0.6 is 0 Å². The van der Waals surface area contributed by atoms with Gasteiger partial charge >= 0.3 is 0 Å². The van der Waals surface area contributed by atoms with Crippen LogP contribution in [0.2, 0.25) is 0 Å². The van der Waals surface area contributed by atoms with E-state index in [2.05, 4.69) is 23.5 Å². The molecule has 1 fully saturated rings. The fourth-order valence-electron chi connectivity index (χ4n) is 4.06. The average Bonchev–Trinajstić information content (AvgIpc) is 3.13. The van der Waals surface area contributed by atoms with Gasteiger partial charge in [0.1, 0.15) is 0 Å². The third-order valence-corrected chi connectivity index (χ3v) is 5.21. The van der Waals surface area contributed by atoms with Gasteiger partial charge in [0.2, 0.25) is 0 Å². The van der Waals surface area contributed by atoms with Gasteiger partial charge in [-0.15, -0.1) is 0 Å². The SMILES string of the molecule is N#CC1(Cc2ccccc2)CCC2=C(c3ccccc3)C(=O)NC21. The number of rotatable bonds is 3. The number of fused-ring (bicyclic) bond motifs is 1. The average molecular weight is 314 g/mol. The highest BCUT2D eigenvalue weighted by Crippen LogP contribution is 2.49. The molecule has 2 atom stereocenters. The number of nitrogens with one attached hydrogen (secondary N) is 1. The Kier molecular flexibility index (Phi) is 3.46. The van der Waals surface area contributed by atoms with E-state index in [1.807, 2.05) is 48.5 Å². The highest BCUT2D eigenvalue weighted by atomic mass is 16.2. The summed E-state index contributed by atoms with van der Waals surface area (Å²) in [6.45, 7) is 0. The molecule has 4 rings (SSSR count). The van der Waals surface area contributed by atoms with Crippen LogP contribution in [0.4, 0.5) is 0 Å². The zero-order chi connectivity index (χ0) is 16.6. The number of benzene rings is 2. The standard InChI is InChI=1S/C21H18N2O/c22-14-21(13-15-7-3-1-4-8-15)12-11-17-18(20(24)23-19(17)21)16-9-5-2-6-10-16/h1-10,19H,11-13H2,(H,23,24). The van der Waals surface area contributed by atoms with Crippen LogP contribution in [0.5, 0.6) is 0 Å². The van der Waals surface area contributed by atoms with Crippen LogP contribution in [0.15, 0.2) is 66.2 Å². The quantitative estimate of drug-likeness (QED) is 0.943. The fourth-order valence-corrected chi connectivity index (χ4v) is 4.06. The van der Waals surface area contributed by atoms with Gasteiger partial charge in [-0.3, -0.25) is 4.79 Å². The lowest BCUT2D eigenvalue weighted by atomic mass is 9.78. The normalized spacial score (nSPS) is 25.3. The maximum atomic E-state index is 12.6. The summed E-state index contributed by atoms with van der Waals surface area (Å²) in [5.74, 6) is -0.0476. The van der Waals surface area contributed by atoms with Crippen LogP contribution in [-0.4, -0.2) is 11.9 Å². The highest BCUT2D eigenvalue weighted by Gasteiger charge is 2.51. The monoisotopic (exact) mass is 314 g/mol. The second-order valence-electron chi connectivity index (χ2n) is 6.60. The number of carbonyl (C=O) groups excluding carboxylic acids is 1. The molecule has 2 aromatic carbocycles. The second kappa shape index (κ2) is 5.65. The van der Waals surface area contributed by atoms with Gasteiger partial charge in [0.05, 0.1) is 17.5 Å². The van der Waals surface area contributed by atoms with Gasteiger partial charge in [-0.2, -0.15) is 5.26 Å². The number of hydrogen-bond donors (Lipinski definition) is 1. The summed E-state index contributed by atoms with van der Waals surface area (Å²) >= 11 is 0. The van der Waals surface area contributed by atoms with Crippen molar-refractivity contribution in [3.63, 3.8) is 0 Å². The van der Waals surface area contributed by atoms with Gasteiger partial charge in [0.25, 0.3) is 5.91 Å². The first kappa shape index (κ1) is 14.7. The van der Waals surface area contributed by atoms with Crippen molar-refractivity contribution in [2.45, 2.75) is 25.3 Å². The van der Waals surface area contributed by atoms with E-state index < -0.39 is 5.41 Å². The number of amides is 1. The summed E-state index contributed by atoms with van der Waals surface area (Å²) in [4.78, 5) is 12.6. The van der Waals surface area contributed by atoms with Crippen LogP contribution in [0.3, 0.4) is 0 Å². The van der Waals surface area contributed by atoms with Crippen molar-refractivity contribution in [2.75, 3.05) is 0 Å². The van der Waals surface area contributed by atoms with Crippen molar-refractivity contribution in [3.8, 4) is 6.07 Å². The lowest BCUT2D eigenvalue weighted by Crippen LogP contribution is -2.41. The summed E-state index contributed by atoms with van der Waals surface area (Å²) in [6, 6.07) is 22.2. The molecule has 0 bridgehead atoms. The van der Waals surface area contributed by atoms with Crippen LogP contribution in [0.25, 0.3) is 5.57 Å². The maximum absolute atomic E-state index is 12.6. The number of hydrogen-bond acceptors (Lipinski definition) is 2. The molecular weight excluding hydrogens is 296 g/mol. The van der Waals surface area contributed by atoms with Crippen LogP contribution in [0, 0.1) is 16.7 Å². The topological polar surface area (TPSA) is 52.9 Å². The van der Waals surface area contributed by atoms with E-state index in [-0.39, 0.29) is 11.9 Å². The molecule has 0 aromatic heterocycles. The molecule has 0 saturated heterocycles. The Morgan fingerprint density at radius 3 is 2.42 bits per heavy atom. The Labute approximate surface area is 141 Å². The molecule has 1 N–H and O–H groups in total. The van der Waals surface area contributed by atoms with Crippen molar-refractivity contribution in [2.24, 2.45) is 5.41 Å². The molecule has 3 nitrogen and oxygen atoms in total. The molecule has 1 saturated carbocycles. The van der Waals surface area contributed by atoms with Crippen molar-refractivity contribution >= 4 is 11.5 Å². The van der Waals surface area contributed by atoms with Gasteiger partial charge in [-0.05, 0) is 36.0 Å². The molecule has 1 aliphatic carbocycles. The Hall–Kier alpha value is -2.86. The molecule has 1 aliphatic heterocycles. The number of nitriles is 1. The van der Waals surface area contributed by atoms with Gasteiger partial charge in [0, 0.05) is 5.57 Å². The minimum absolute atomic E-state index is 0.0476. The maximum Gasteiger partial charge on any atom is 0.252 e. The first-order chi connectivity index (χ1) is 11.7. The zero-order valence-corrected chi connectivity index (χ0v) is 13.3. The molecule has 118 valence electrons. The van der Waals surface area contributed by atoms with Crippen LogP contribution < -0.4 is 5.32 Å². The Morgan fingerprint density at radius 1 is 1.08 bits per heavy atom. The molecule has 0 spiro atoms. The lowest BCUT2D eigenvalue weighted by molar-refractivity contribution is -0.115. The lowest BCUT2D eigenvalue weighted by Gasteiger charge is -2.27. The number of nitrogens with zero attached hydrogens (tertiary/aromatic N) is 1. The molecule has 1 heterocycles. The summed E-state index contributed by atoms with van der Waals surface area (Å²) in [6.07, 6.45) is 2.25. The Bertz CT molecular complexity index is 848. The first-order valence-corrected chi connectivity index (χ1v) is 8.28. The number of carbonyl (C=O) groups is 1. The van der Waals surface area contributed by atoms with E-state index in [1.165, 1.54) is 0 Å². The van der Waals surface area contributed by atoms with Crippen molar-refractivity contribution < 1.29 is 4.79 Å². The van der Waals surface area contributed by atoms with Crippen molar-refractivity contribution in [1.82, 2.24) is 5.32 Å². The smallest absolute Gasteiger partial charge is 0.252 e. The van der Waals surface area contributed by atoms with E-state index in [1.54, 1.807) is 0 Å². The minimum atomic E-state index is -0.553. The van der Waals surface area contributed by atoms with Gasteiger partial charge in [-0.1, -0.05) is 60.7 Å². The summed E-state index contributed by atoms with van der Waals surface area (Å²) < 4.78 is 0. The largest absolute Gasteiger partial charge is 0.344 e. The highest BCUT2D eigenvalue weighted by molar-refractivity contribution is 6.23.